The van der Waals surface area contributed by atoms with Gasteiger partial charge in [0.2, 0.25) is 5.91 Å². The van der Waals surface area contributed by atoms with Crippen LogP contribution in [0.1, 0.15) is 32.6 Å². The molecule has 0 saturated heterocycles. The molecule has 0 aliphatic carbocycles. The first kappa shape index (κ1) is 13.2. The van der Waals surface area contributed by atoms with Crippen LogP contribution in [-0.2, 0) is 4.79 Å². The number of unbranched alkanes of at least 4 members (excludes halogenated alkanes) is 2. The van der Waals surface area contributed by atoms with Crippen LogP contribution < -0.4 is 5.73 Å². The molecule has 0 aromatic rings. The maximum atomic E-state index is 11.6. The Morgan fingerprint density at radius 1 is 1.43 bits per heavy atom. The molecule has 1 amide bonds. The molecule has 2 N–H and O–H groups in total. The number of rotatable bonds is 8. The summed E-state index contributed by atoms with van der Waals surface area (Å²) >= 11 is 0. The van der Waals surface area contributed by atoms with Crippen molar-refractivity contribution in [3.05, 3.63) is 12.7 Å². The number of carbonyl (C=O) groups excluding carboxylic acids is 1. The summed E-state index contributed by atoms with van der Waals surface area (Å²) in [6, 6.07) is 0. The monoisotopic (exact) mass is 198 g/mol. The van der Waals surface area contributed by atoms with Crippen molar-refractivity contribution in [1.29, 1.82) is 0 Å². The predicted octanol–water partition coefficient (Wildman–Crippen LogP) is 1.54. The van der Waals surface area contributed by atoms with E-state index in [2.05, 4.69) is 6.58 Å². The van der Waals surface area contributed by atoms with Gasteiger partial charge in [-0.1, -0.05) is 12.5 Å². The van der Waals surface area contributed by atoms with Crippen molar-refractivity contribution in [1.82, 2.24) is 4.90 Å². The zero-order valence-electron chi connectivity index (χ0n) is 9.17. The number of likely N-dealkylation sites (N-methyl/N-ethyl adjacent to an activating group) is 1. The highest BCUT2D eigenvalue weighted by atomic mass is 16.2. The number of carbonyl (C=O) groups is 1. The topological polar surface area (TPSA) is 46.3 Å². The van der Waals surface area contributed by atoms with Crippen molar-refractivity contribution in [3.63, 3.8) is 0 Å². The molecule has 0 aromatic carbocycles. The Kier molecular flexibility index (Phi) is 8.24. The van der Waals surface area contributed by atoms with Gasteiger partial charge in [0, 0.05) is 19.5 Å². The molecule has 0 aromatic heterocycles. The first-order valence-corrected chi connectivity index (χ1v) is 5.35. The molecule has 3 nitrogen and oxygen atoms in total. The third-order valence-corrected chi connectivity index (χ3v) is 2.18. The predicted molar refractivity (Wildman–Crippen MR) is 60.0 cm³/mol. The summed E-state index contributed by atoms with van der Waals surface area (Å²) in [5, 5.41) is 0. The van der Waals surface area contributed by atoms with Gasteiger partial charge in [0.1, 0.15) is 0 Å². The van der Waals surface area contributed by atoms with Gasteiger partial charge in [0.05, 0.1) is 0 Å². The molecule has 0 fully saturated rings. The Bertz CT molecular complexity index is 169. The van der Waals surface area contributed by atoms with Crippen LogP contribution in [0.2, 0.25) is 0 Å². The van der Waals surface area contributed by atoms with E-state index in [0.29, 0.717) is 13.0 Å². The van der Waals surface area contributed by atoms with E-state index >= 15 is 0 Å². The van der Waals surface area contributed by atoms with Gasteiger partial charge in [-0.15, -0.1) is 6.58 Å². The maximum absolute atomic E-state index is 11.6. The van der Waals surface area contributed by atoms with Crippen molar-refractivity contribution in [3.8, 4) is 0 Å². The van der Waals surface area contributed by atoms with Crippen molar-refractivity contribution < 1.29 is 4.79 Å². The van der Waals surface area contributed by atoms with Gasteiger partial charge >= 0.3 is 0 Å². The zero-order valence-corrected chi connectivity index (χ0v) is 9.17. The van der Waals surface area contributed by atoms with E-state index in [1.165, 1.54) is 0 Å². The summed E-state index contributed by atoms with van der Waals surface area (Å²) in [6.07, 6.45) is 5.42. The number of hydrogen-bond acceptors (Lipinski definition) is 2. The zero-order chi connectivity index (χ0) is 10.8. The third-order valence-electron chi connectivity index (χ3n) is 2.18. The first-order chi connectivity index (χ1) is 6.76. The minimum atomic E-state index is 0.226. The largest absolute Gasteiger partial charge is 0.339 e. The van der Waals surface area contributed by atoms with Gasteiger partial charge in [0.25, 0.3) is 0 Å². The van der Waals surface area contributed by atoms with E-state index in [0.717, 1.165) is 32.4 Å². The highest BCUT2D eigenvalue weighted by Gasteiger charge is 2.08. The highest BCUT2D eigenvalue weighted by Crippen LogP contribution is 2.02. The summed E-state index contributed by atoms with van der Waals surface area (Å²) in [6.45, 7) is 7.76. The smallest absolute Gasteiger partial charge is 0.222 e. The fourth-order valence-electron chi connectivity index (χ4n) is 1.32. The minimum absolute atomic E-state index is 0.226. The van der Waals surface area contributed by atoms with Gasteiger partial charge in [0.15, 0.2) is 0 Å². The van der Waals surface area contributed by atoms with Gasteiger partial charge in [-0.25, -0.2) is 0 Å². The van der Waals surface area contributed by atoms with Gasteiger partial charge in [-0.2, -0.15) is 0 Å². The summed E-state index contributed by atoms with van der Waals surface area (Å²) in [4.78, 5) is 13.4. The van der Waals surface area contributed by atoms with Crippen LogP contribution in [-0.4, -0.2) is 30.4 Å². The molecule has 0 aliphatic heterocycles. The van der Waals surface area contributed by atoms with Crippen LogP contribution in [0.25, 0.3) is 0 Å². The fraction of sp³-hybridized carbons (Fsp3) is 0.727. The second-order valence-corrected chi connectivity index (χ2v) is 3.32. The van der Waals surface area contributed by atoms with Crippen LogP contribution in [0.3, 0.4) is 0 Å². The Morgan fingerprint density at radius 3 is 2.64 bits per heavy atom. The molecule has 0 rings (SSSR count). The van der Waals surface area contributed by atoms with Gasteiger partial charge < -0.3 is 10.6 Å². The SMILES string of the molecule is C=CCN(CC)C(=O)CCCCCN. The molecular weight excluding hydrogens is 176 g/mol. The van der Waals surface area contributed by atoms with Crippen LogP contribution >= 0.6 is 0 Å². The molecule has 82 valence electrons. The van der Waals surface area contributed by atoms with Crippen LogP contribution in [0.4, 0.5) is 0 Å². The molecule has 0 saturated carbocycles. The molecule has 0 aliphatic rings. The Morgan fingerprint density at radius 2 is 2.14 bits per heavy atom. The van der Waals surface area contributed by atoms with E-state index in [4.69, 9.17) is 5.73 Å². The normalized spacial score (nSPS) is 9.86. The van der Waals surface area contributed by atoms with Crippen LogP contribution in [0, 0.1) is 0 Å². The molecular formula is C11H22N2O. The lowest BCUT2D eigenvalue weighted by Crippen LogP contribution is -2.30. The van der Waals surface area contributed by atoms with E-state index < -0.39 is 0 Å². The summed E-state index contributed by atoms with van der Waals surface area (Å²) in [5.74, 6) is 0.226. The minimum Gasteiger partial charge on any atom is -0.339 e. The number of nitrogens with two attached hydrogens (primary N) is 1. The lowest BCUT2D eigenvalue weighted by atomic mass is 10.2. The molecule has 0 unspecified atom stereocenters. The van der Waals surface area contributed by atoms with E-state index in [-0.39, 0.29) is 5.91 Å². The van der Waals surface area contributed by atoms with Crippen molar-refractivity contribution in [2.45, 2.75) is 32.6 Å². The fourth-order valence-corrected chi connectivity index (χ4v) is 1.32. The number of amides is 1. The number of nitrogens with zero attached hydrogens (tertiary/aromatic N) is 1. The summed E-state index contributed by atoms with van der Waals surface area (Å²) < 4.78 is 0. The molecule has 0 atom stereocenters. The summed E-state index contributed by atoms with van der Waals surface area (Å²) in [5.41, 5.74) is 5.37. The van der Waals surface area contributed by atoms with E-state index in [9.17, 15) is 4.79 Å². The first-order valence-electron chi connectivity index (χ1n) is 5.35. The Balaban J connectivity index is 3.63. The molecule has 3 heteroatoms. The van der Waals surface area contributed by atoms with Crippen molar-refractivity contribution >= 4 is 5.91 Å². The van der Waals surface area contributed by atoms with Gasteiger partial charge in [-0.05, 0) is 26.3 Å². The highest BCUT2D eigenvalue weighted by molar-refractivity contribution is 5.76. The molecule has 0 bridgehead atoms. The number of hydrogen-bond donors (Lipinski definition) is 1. The molecule has 14 heavy (non-hydrogen) atoms. The Labute approximate surface area is 87.0 Å². The Hall–Kier alpha value is -0.830. The molecule has 0 radical (unpaired) electrons. The lowest BCUT2D eigenvalue weighted by molar-refractivity contribution is -0.130. The average Bonchev–Trinajstić information content (AvgIpc) is 2.20. The standard InChI is InChI=1S/C11H22N2O/c1-3-10-13(4-2)11(14)8-6-5-7-9-12/h3H,1,4-10,12H2,2H3. The molecule has 0 spiro atoms. The molecule has 0 heterocycles. The second-order valence-electron chi connectivity index (χ2n) is 3.32. The van der Waals surface area contributed by atoms with Gasteiger partial charge in [-0.3, -0.25) is 4.79 Å². The third kappa shape index (κ3) is 5.75. The second kappa shape index (κ2) is 8.75. The summed E-state index contributed by atoms with van der Waals surface area (Å²) in [7, 11) is 0. The van der Waals surface area contributed by atoms with Crippen LogP contribution in [0.5, 0.6) is 0 Å². The van der Waals surface area contributed by atoms with Crippen molar-refractivity contribution in [2.24, 2.45) is 5.73 Å². The van der Waals surface area contributed by atoms with Crippen molar-refractivity contribution in [2.75, 3.05) is 19.6 Å². The van der Waals surface area contributed by atoms with Crippen LogP contribution in [0.15, 0.2) is 12.7 Å². The average molecular weight is 198 g/mol. The maximum Gasteiger partial charge on any atom is 0.222 e. The van der Waals surface area contributed by atoms with E-state index in [1.807, 2.05) is 11.8 Å². The van der Waals surface area contributed by atoms with E-state index in [1.54, 1.807) is 6.08 Å². The quantitative estimate of drug-likeness (QED) is 0.475. The lowest BCUT2D eigenvalue weighted by Gasteiger charge is -2.18.